The molecule has 0 aromatic heterocycles. The van der Waals surface area contributed by atoms with Gasteiger partial charge in [0.05, 0.1) is 19.0 Å². The summed E-state index contributed by atoms with van der Waals surface area (Å²) in [5.74, 6) is 0. The van der Waals surface area contributed by atoms with E-state index in [-0.39, 0.29) is 12.7 Å². The molecule has 5 heteroatoms. The van der Waals surface area contributed by atoms with E-state index in [9.17, 15) is 8.42 Å². The first-order chi connectivity index (χ1) is 6.49. The molecule has 14 heavy (non-hydrogen) atoms. The molecule has 0 N–H and O–H groups in total. The van der Waals surface area contributed by atoms with Gasteiger partial charge in [-0.25, -0.2) is 0 Å². The molecule has 0 amide bonds. The molecule has 86 valence electrons. The van der Waals surface area contributed by atoms with Gasteiger partial charge in [-0.1, -0.05) is 19.8 Å². The maximum Gasteiger partial charge on any atom is 0.264 e. The normalized spacial score (nSPS) is 14.2. The molecule has 0 bridgehead atoms. The van der Waals surface area contributed by atoms with Crippen molar-refractivity contribution in [2.75, 3.05) is 19.5 Å². The molecule has 0 spiro atoms. The van der Waals surface area contributed by atoms with E-state index in [0.717, 1.165) is 25.5 Å². The minimum absolute atomic E-state index is 0.102. The molecule has 0 aromatic rings. The van der Waals surface area contributed by atoms with Crippen molar-refractivity contribution in [3.8, 4) is 0 Å². The van der Waals surface area contributed by atoms with Crippen molar-refractivity contribution in [2.24, 2.45) is 0 Å². The fourth-order valence-electron chi connectivity index (χ4n) is 1.08. The summed E-state index contributed by atoms with van der Waals surface area (Å²) in [6, 6.07) is 0. The average molecular weight is 224 g/mol. The number of hydrogen-bond acceptors (Lipinski definition) is 4. The lowest BCUT2D eigenvalue weighted by atomic mass is 10.2. The van der Waals surface area contributed by atoms with Gasteiger partial charge in [0.25, 0.3) is 10.1 Å². The minimum atomic E-state index is -3.34. The zero-order valence-electron chi connectivity index (χ0n) is 9.15. The number of rotatable bonds is 8. The van der Waals surface area contributed by atoms with Gasteiger partial charge in [-0.05, 0) is 13.3 Å². The first-order valence-electron chi connectivity index (χ1n) is 4.95. The third-order valence-corrected chi connectivity index (χ3v) is 2.31. The summed E-state index contributed by atoms with van der Waals surface area (Å²) in [5.41, 5.74) is 0. The zero-order chi connectivity index (χ0) is 11.0. The van der Waals surface area contributed by atoms with Gasteiger partial charge in [0.15, 0.2) is 0 Å². The van der Waals surface area contributed by atoms with E-state index in [1.807, 2.05) is 6.92 Å². The topological polar surface area (TPSA) is 52.6 Å². The number of unbranched alkanes of at least 4 members (excludes halogenated alkanes) is 1. The van der Waals surface area contributed by atoms with Crippen LogP contribution in [0.25, 0.3) is 0 Å². The summed E-state index contributed by atoms with van der Waals surface area (Å²) in [6.45, 7) is 4.69. The van der Waals surface area contributed by atoms with Crippen molar-refractivity contribution >= 4 is 10.1 Å². The zero-order valence-corrected chi connectivity index (χ0v) is 9.97. The Morgan fingerprint density at radius 2 is 1.93 bits per heavy atom. The highest BCUT2D eigenvalue weighted by molar-refractivity contribution is 7.85. The maximum atomic E-state index is 10.7. The van der Waals surface area contributed by atoms with Crippen molar-refractivity contribution in [2.45, 2.75) is 39.2 Å². The van der Waals surface area contributed by atoms with Crippen LogP contribution >= 0.6 is 0 Å². The fourth-order valence-corrected chi connectivity index (χ4v) is 1.48. The molecular formula is C9H20O4S. The molecule has 0 aliphatic heterocycles. The van der Waals surface area contributed by atoms with E-state index in [1.54, 1.807) is 0 Å². The number of ether oxygens (including phenoxy) is 1. The van der Waals surface area contributed by atoms with E-state index in [0.29, 0.717) is 6.61 Å². The summed E-state index contributed by atoms with van der Waals surface area (Å²) in [6.07, 6.45) is 3.89. The molecule has 0 heterocycles. The van der Waals surface area contributed by atoms with Gasteiger partial charge in [0.1, 0.15) is 0 Å². The standard InChI is InChI=1S/C9H20O4S/c1-4-6-7-9(12-5-2)8-13-14(3,10)11/h9H,4-8H2,1-3H3. The molecule has 4 nitrogen and oxygen atoms in total. The summed E-state index contributed by atoms with van der Waals surface area (Å²) >= 11 is 0. The smallest absolute Gasteiger partial charge is 0.264 e. The monoisotopic (exact) mass is 224 g/mol. The third kappa shape index (κ3) is 8.47. The second-order valence-electron chi connectivity index (χ2n) is 3.21. The predicted octanol–water partition coefficient (Wildman–Crippen LogP) is 1.56. The van der Waals surface area contributed by atoms with Crippen LogP contribution in [0, 0.1) is 0 Å². The van der Waals surface area contributed by atoms with Crippen LogP contribution in [-0.2, 0) is 19.0 Å². The van der Waals surface area contributed by atoms with Crippen LogP contribution in [0.1, 0.15) is 33.1 Å². The largest absolute Gasteiger partial charge is 0.376 e. The Balaban J connectivity index is 3.84. The third-order valence-electron chi connectivity index (χ3n) is 1.75. The van der Waals surface area contributed by atoms with Crippen molar-refractivity contribution in [3.63, 3.8) is 0 Å². The minimum Gasteiger partial charge on any atom is -0.376 e. The Morgan fingerprint density at radius 1 is 1.29 bits per heavy atom. The first kappa shape index (κ1) is 13.9. The van der Waals surface area contributed by atoms with Crippen LogP contribution in [0.15, 0.2) is 0 Å². The first-order valence-corrected chi connectivity index (χ1v) is 6.77. The van der Waals surface area contributed by atoms with Crippen molar-refractivity contribution < 1.29 is 17.3 Å². The molecule has 0 aliphatic rings. The van der Waals surface area contributed by atoms with Crippen LogP contribution in [0.4, 0.5) is 0 Å². The van der Waals surface area contributed by atoms with Gasteiger partial charge in [-0.15, -0.1) is 0 Å². The van der Waals surface area contributed by atoms with E-state index < -0.39 is 10.1 Å². The molecule has 0 fully saturated rings. The van der Waals surface area contributed by atoms with Crippen LogP contribution in [0.5, 0.6) is 0 Å². The van der Waals surface area contributed by atoms with Crippen LogP contribution in [-0.4, -0.2) is 34.0 Å². The van der Waals surface area contributed by atoms with Crippen molar-refractivity contribution in [1.82, 2.24) is 0 Å². The predicted molar refractivity (Wildman–Crippen MR) is 55.7 cm³/mol. The van der Waals surface area contributed by atoms with Gasteiger partial charge < -0.3 is 4.74 Å². The Labute approximate surface area is 86.7 Å². The van der Waals surface area contributed by atoms with Gasteiger partial charge >= 0.3 is 0 Å². The lowest BCUT2D eigenvalue weighted by Crippen LogP contribution is -2.22. The highest BCUT2D eigenvalue weighted by Crippen LogP contribution is 2.06. The van der Waals surface area contributed by atoms with Crippen LogP contribution in [0.2, 0.25) is 0 Å². The average Bonchev–Trinajstić information content (AvgIpc) is 2.08. The van der Waals surface area contributed by atoms with Crippen LogP contribution < -0.4 is 0 Å². The summed E-state index contributed by atoms with van der Waals surface area (Å²) < 4.78 is 31.5. The van der Waals surface area contributed by atoms with E-state index in [4.69, 9.17) is 4.74 Å². The molecule has 0 saturated carbocycles. The van der Waals surface area contributed by atoms with E-state index in [2.05, 4.69) is 11.1 Å². The molecule has 0 rings (SSSR count). The molecule has 1 atom stereocenters. The lowest BCUT2D eigenvalue weighted by molar-refractivity contribution is 0.0231. The summed E-state index contributed by atoms with van der Waals surface area (Å²) in [7, 11) is -3.34. The Morgan fingerprint density at radius 3 is 2.36 bits per heavy atom. The molecule has 0 aliphatic carbocycles. The van der Waals surface area contributed by atoms with Gasteiger partial charge in [0.2, 0.25) is 0 Å². The number of hydrogen-bond donors (Lipinski definition) is 0. The van der Waals surface area contributed by atoms with Crippen molar-refractivity contribution in [3.05, 3.63) is 0 Å². The Bertz CT molecular complexity index is 223. The highest BCUT2D eigenvalue weighted by Gasteiger charge is 2.11. The Kier molecular flexibility index (Phi) is 7.13. The summed E-state index contributed by atoms with van der Waals surface area (Å²) in [5, 5.41) is 0. The lowest BCUT2D eigenvalue weighted by Gasteiger charge is -2.15. The van der Waals surface area contributed by atoms with Gasteiger partial charge in [0, 0.05) is 6.61 Å². The fraction of sp³-hybridized carbons (Fsp3) is 1.00. The van der Waals surface area contributed by atoms with E-state index in [1.165, 1.54) is 0 Å². The second kappa shape index (κ2) is 7.20. The quantitative estimate of drug-likeness (QED) is 0.587. The summed E-state index contributed by atoms with van der Waals surface area (Å²) in [4.78, 5) is 0. The van der Waals surface area contributed by atoms with E-state index >= 15 is 0 Å². The second-order valence-corrected chi connectivity index (χ2v) is 4.85. The van der Waals surface area contributed by atoms with Gasteiger partial charge in [-0.3, -0.25) is 4.18 Å². The molecular weight excluding hydrogens is 204 g/mol. The molecule has 1 unspecified atom stereocenters. The molecule has 0 aromatic carbocycles. The van der Waals surface area contributed by atoms with Crippen molar-refractivity contribution in [1.29, 1.82) is 0 Å². The maximum absolute atomic E-state index is 10.7. The van der Waals surface area contributed by atoms with Gasteiger partial charge in [-0.2, -0.15) is 8.42 Å². The molecule has 0 saturated heterocycles. The SMILES string of the molecule is CCCCC(COS(C)(=O)=O)OCC. The Hall–Kier alpha value is -0.130. The highest BCUT2D eigenvalue weighted by atomic mass is 32.2. The van der Waals surface area contributed by atoms with Crippen LogP contribution in [0.3, 0.4) is 0 Å². The molecule has 0 radical (unpaired) electrons.